The van der Waals surface area contributed by atoms with Crippen molar-refractivity contribution in [1.29, 1.82) is 0 Å². The van der Waals surface area contributed by atoms with Crippen LogP contribution in [0.4, 0.5) is 0 Å². The van der Waals surface area contributed by atoms with Crippen LogP contribution in [-0.2, 0) is 15.0 Å². The van der Waals surface area contributed by atoms with Gasteiger partial charge in [-0.2, -0.15) is 0 Å². The van der Waals surface area contributed by atoms with Gasteiger partial charge in [0.1, 0.15) is 0 Å². The zero-order valence-electron chi connectivity index (χ0n) is 9.35. The summed E-state index contributed by atoms with van der Waals surface area (Å²) in [5.41, 5.74) is 0. The van der Waals surface area contributed by atoms with Gasteiger partial charge in [-0.1, -0.05) is 32.1 Å². The number of aliphatic hydroxyl groups is 1. The molecule has 0 aliphatic carbocycles. The smallest absolute Gasteiger partial charge is 0.0854 e. The van der Waals surface area contributed by atoms with Gasteiger partial charge < -0.3 is 5.11 Å². The summed E-state index contributed by atoms with van der Waals surface area (Å²) in [6.45, 7) is 2.24. The fourth-order valence-corrected chi connectivity index (χ4v) is 1.36. The Morgan fingerprint density at radius 2 is 1.60 bits per heavy atom. The second-order valence-corrected chi connectivity index (χ2v) is 3.72. The molecule has 0 fully saturated rings. The molecule has 5 heteroatoms. The molecule has 92 valence electrons. The molecule has 0 heterocycles. The standard InChI is InChI=1S/C10H22O5/c1-10(11)8-6-4-2-3-5-7-9-13-15-14-12/h10-12H,2-9H2,1H3. The molecule has 2 N–H and O–H groups in total. The normalized spacial score (nSPS) is 13.0. The second-order valence-electron chi connectivity index (χ2n) is 3.72. The summed E-state index contributed by atoms with van der Waals surface area (Å²) >= 11 is 0. The highest BCUT2D eigenvalue weighted by atomic mass is 17.6. The molecule has 0 spiro atoms. The van der Waals surface area contributed by atoms with E-state index in [9.17, 15) is 0 Å². The Hall–Kier alpha value is -0.200. The van der Waals surface area contributed by atoms with Gasteiger partial charge in [0, 0.05) is 0 Å². The average Bonchev–Trinajstić information content (AvgIpc) is 2.20. The molecular weight excluding hydrogens is 200 g/mol. The fraction of sp³-hybridized carbons (Fsp3) is 1.00. The van der Waals surface area contributed by atoms with Gasteiger partial charge in [-0.15, -0.1) is 0 Å². The lowest BCUT2D eigenvalue weighted by Crippen LogP contribution is -1.98. The fourth-order valence-electron chi connectivity index (χ4n) is 1.36. The summed E-state index contributed by atoms with van der Waals surface area (Å²) in [5.74, 6) is 0. The predicted octanol–water partition coefficient (Wildman–Crippen LogP) is 2.45. The number of rotatable bonds is 11. The molecule has 0 aromatic heterocycles. The number of aliphatic hydroxyl groups excluding tert-OH is 1. The van der Waals surface area contributed by atoms with Crippen molar-refractivity contribution in [2.75, 3.05) is 6.61 Å². The average molecular weight is 222 g/mol. The largest absolute Gasteiger partial charge is 0.393 e. The molecule has 0 amide bonds. The van der Waals surface area contributed by atoms with Gasteiger partial charge >= 0.3 is 0 Å². The first kappa shape index (κ1) is 14.8. The lowest BCUT2D eigenvalue weighted by atomic mass is 10.1. The Morgan fingerprint density at radius 3 is 2.20 bits per heavy atom. The van der Waals surface area contributed by atoms with Crippen molar-refractivity contribution in [3.05, 3.63) is 0 Å². The van der Waals surface area contributed by atoms with Crippen LogP contribution in [0.2, 0.25) is 0 Å². The van der Waals surface area contributed by atoms with Crippen molar-refractivity contribution in [2.45, 2.75) is 58.0 Å². The zero-order chi connectivity index (χ0) is 11.4. The SMILES string of the molecule is CC(O)CCCCCCCCOOOO. The van der Waals surface area contributed by atoms with E-state index < -0.39 is 0 Å². The van der Waals surface area contributed by atoms with E-state index in [2.05, 4.69) is 15.0 Å². The van der Waals surface area contributed by atoms with Crippen LogP contribution < -0.4 is 0 Å². The maximum Gasteiger partial charge on any atom is 0.0854 e. The quantitative estimate of drug-likeness (QED) is 0.319. The lowest BCUT2D eigenvalue weighted by molar-refractivity contribution is -0.623. The first-order chi connectivity index (χ1) is 7.27. The van der Waals surface area contributed by atoms with Crippen LogP contribution in [0.15, 0.2) is 0 Å². The van der Waals surface area contributed by atoms with E-state index in [0.717, 1.165) is 32.1 Å². The minimum Gasteiger partial charge on any atom is -0.393 e. The van der Waals surface area contributed by atoms with Gasteiger partial charge in [0.2, 0.25) is 0 Å². The summed E-state index contributed by atoms with van der Waals surface area (Å²) in [6.07, 6.45) is 7.29. The molecule has 5 nitrogen and oxygen atoms in total. The molecule has 0 saturated heterocycles. The minimum atomic E-state index is -0.172. The Morgan fingerprint density at radius 1 is 1.00 bits per heavy atom. The third-order valence-electron chi connectivity index (χ3n) is 2.18. The number of unbranched alkanes of at least 4 members (excludes halogenated alkanes) is 5. The molecule has 0 radical (unpaired) electrons. The maximum absolute atomic E-state index is 9.01. The molecule has 0 aliphatic heterocycles. The van der Waals surface area contributed by atoms with Crippen LogP contribution in [-0.4, -0.2) is 23.1 Å². The molecular formula is C10H22O5. The summed E-state index contributed by atoms with van der Waals surface area (Å²) in [5, 5.41) is 23.9. The highest BCUT2D eigenvalue weighted by Gasteiger charge is 1.96. The van der Waals surface area contributed by atoms with Crippen LogP contribution in [0, 0.1) is 0 Å². The Bertz CT molecular complexity index is 118. The molecule has 0 aliphatic rings. The van der Waals surface area contributed by atoms with E-state index in [-0.39, 0.29) is 6.10 Å². The summed E-state index contributed by atoms with van der Waals surface area (Å²) in [6, 6.07) is 0. The molecule has 1 atom stereocenters. The van der Waals surface area contributed by atoms with Crippen molar-refractivity contribution in [2.24, 2.45) is 0 Å². The van der Waals surface area contributed by atoms with E-state index >= 15 is 0 Å². The predicted molar refractivity (Wildman–Crippen MR) is 54.8 cm³/mol. The van der Waals surface area contributed by atoms with Gasteiger partial charge in [-0.3, -0.25) is 0 Å². The Balaban J connectivity index is 2.87. The van der Waals surface area contributed by atoms with Gasteiger partial charge in [0.15, 0.2) is 0 Å². The molecule has 1 unspecified atom stereocenters. The van der Waals surface area contributed by atoms with E-state index in [1.807, 2.05) is 6.92 Å². The Labute approximate surface area is 90.7 Å². The number of hydrogen-bond acceptors (Lipinski definition) is 5. The monoisotopic (exact) mass is 222 g/mol. The lowest BCUT2D eigenvalue weighted by Gasteiger charge is -2.03. The van der Waals surface area contributed by atoms with Crippen LogP contribution in [0.1, 0.15) is 51.9 Å². The van der Waals surface area contributed by atoms with Crippen molar-refractivity contribution < 1.29 is 25.3 Å². The van der Waals surface area contributed by atoms with Gasteiger partial charge in [-0.25, -0.2) is 10.1 Å². The molecule has 0 aromatic carbocycles. The van der Waals surface area contributed by atoms with Crippen LogP contribution in [0.25, 0.3) is 0 Å². The maximum atomic E-state index is 9.01. The van der Waals surface area contributed by atoms with Crippen molar-refractivity contribution in [1.82, 2.24) is 0 Å². The van der Waals surface area contributed by atoms with E-state index in [0.29, 0.717) is 6.61 Å². The van der Waals surface area contributed by atoms with E-state index in [1.54, 1.807) is 0 Å². The van der Waals surface area contributed by atoms with Crippen LogP contribution in [0.5, 0.6) is 0 Å². The van der Waals surface area contributed by atoms with Gasteiger partial charge in [0.25, 0.3) is 0 Å². The molecule has 0 aromatic rings. The van der Waals surface area contributed by atoms with Crippen molar-refractivity contribution in [3.8, 4) is 0 Å². The Kier molecular flexibility index (Phi) is 11.7. The van der Waals surface area contributed by atoms with Crippen molar-refractivity contribution >= 4 is 0 Å². The first-order valence-electron chi connectivity index (χ1n) is 5.55. The number of hydrogen-bond donors (Lipinski definition) is 2. The second kappa shape index (κ2) is 11.9. The van der Waals surface area contributed by atoms with Crippen LogP contribution >= 0.6 is 0 Å². The van der Waals surface area contributed by atoms with Crippen molar-refractivity contribution in [3.63, 3.8) is 0 Å². The summed E-state index contributed by atoms with van der Waals surface area (Å²) < 4.78 is 0. The summed E-state index contributed by atoms with van der Waals surface area (Å²) in [4.78, 5) is 4.44. The zero-order valence-corrected chi connectivity index (χ0v) is 9.35. The first-order valence-corrected chi connectivity index (χ1v) is 5.55. The molecule has 0 saturated carbocycles. The topological polar surface area (TPSA) is 68.2 Å². The van der Waals surface area contributed by atoms with E-state index in [4.69, 9.17) is 10.4 Å². The third kappa shape index (κ3) is 13.8. The van der Waals surface area contributed by atoms with Gasteiger partial charge in [0.05, 0.1) is 12.7 Å². The molecule has 0 bridgehead atoms. The van der Waals surface area contributed by atoms with E-state index in [1.165, 1.54) is 12.8 Å². The highest BCUT2D eigenvalue weighted by molar-refractivity contribution is 4.49. The molecule has 0 rings (SSSR count). The van der Waals surface area contributed by atoms with Gasteiger partial charge in [-0.05, 0) is 29.8 Å². The summed E-state index contributed by atoms with van der Waals surface area (Å²) in [7, 11) is 0. The minimum absolute atomic E-state index is 0.172. The van der Waals surface area contributed by atoms with Crippen LogP contribution in [0.3, 0.4) is 0 Å². The highest BCUT2D eigenvalue weighted by Crippen LogP contribution is 2.08. The molecule has 15 heavy (non-hydrogen) atoms. The third-order valence-corrected chi connectivity index (χ3v) is 2.18.